The van der Waals surface area contributed by atoms with Crippen LogP contribution in [-0.2, 0) is 4.79 Å². The van der Waals surface area contributed by atoms with Crippen molar-refractivity contribution < 1.29 is 9.90 Å². The molecule has 0 amide bonds. The molecule has 3 nitrogen and oxygen atoms in total. The van der Waals surface area contributed by atoms with E-state index in [0.717, 1.165) is 25.7 Å². The summed E-state index contributed by atoms with van der Waals surface area (Å²) in [4.78, 5) is 14.1. The van der Waals surface area contributed by atoms with Crippen LogP contribution < -0.4 is 0 Å². The molecule has 0 radical (unpaired) electrons. The van der Waals surface area contributed by atoms with Crippen LogP contribution in [0.1, 0.15) is 32.1 Å². The van der Waals surface area contributed by atoms with E-state index in [1.807, 2.05) is 18.2 Å². The molecule has 0 saturated heterocycles. The molecule has 0 unspecified atom stereocenters. The zero-order valence-electron chi connectivity index (χ0n) is 8.80. The SMILES string of the molecule is O=C(O)C1CCCCC1.c1ccncc1. The third-order valence-electron chi connectivity index (χ3n) is 2.52. The second-order valence-electron chi connectivity index (χ2n) is 3.70. The lowest BCUT2D eigenvalue weighted by Gasteiger charge is -2.16. The Hall–Kier alpha value is -1.38. The largest absolute Gasteiger partial charge is 0.481 e. The van der Waals surface area contributed by atoms with Gasteiger partial charge in [0.15, 0.2) is 0 Å². The van der Waals surface area contributed by atoms with E-state index in [0.29, 0.717) is 0 Å². The normalized spacial score (nSPS) is 16.3. The molecule has 0 aromatic carbocycles. The maximum absolute atomic E-state index is 10.4. The predicted octanol–water partition coefficient (Wildman–Crippen LogP) is 2.73. The van der Waals surface area contributed by atoms with E-state index in [1.165, 1.54) is 6.42 Å². The van der Waals surface area contributed by atoms with Gasteiger partial charge in [-0.3, -0.25) is 9.78 Å². The van der Waals surface area contributed by atoms with Gasteiger partial charge in [0.05, 0.1) is 5.92 Å². The number of hydrogen-bond donors (Lipinski definition) is 1. The smallest absolute Gasteiger partial charge is 0.306 e. The van der Waals surface area contributed by atoms with Crippen LogP contribution in [0.2, 0.25) is 0 Å². The summed E-state index contributed by atoms with van der Waals surface area (Å²) in [6, 6.07) is 5.72. The number of carbonyl (C=O) groups is 1. The van der Waals surface area contributed by atoms with Crippen molar-refractivity contribution >= 4 is 5.97 Å². The molecule has 1 aliphatic carbocycles. The third-order valence-corrected chi connectivity index (χ3v) is 2.52. The van der Waals surface area contributed by atoms with Crippen molar-refractivity contribution in [2.45, 2.75) is 32.1 Å². The fourth-order valence-corrected chi connectivity index (χ4v) is 1.66. The van der Waals surface area contributed by atoms with Gasteiger partial charge >= 0.3 is 5.97 Å². The number of hydrogen-bond acceptors (Lipinski definition) is 2. The molecule has 0 spiro atoms. The van der Waals surface area contributed by atoms with Gasteiger partial charge in [-0.1, -0.05) is 25.3 Å². The van der Waals surface area contributed by atoms with Crippen molar-refractivity contribution in [3.8, 4) is 0 Å². The first-order chi connectivity index (χ1) is 7.30. The molecule has 1 fully saturated rings. The summed E-state index contributed by atoms with van der Waals surface area (Å²) in [6.07, 6.45) is 8.74. The fraction of sp³-hybridized carbons (Fsp3) is 0.500. The Kier molecular flexibility index (Phi) is 5.44. The number of rotatable bonds is 1. The Morgan fingerprint density at radius 1 is 1.07 bits per heavy atom. The number of aromatic nitrogens is 1. The van der Waals surface area contributed by atoms with Crippen LogP contribution in [0.4, 0.5) is 0 Å². The second kappa shape index (κ2) is 6.98. The number of pyridine rings is 1. The minimum Gasteiger partial charge on any atom is -0.481 e. The van der Waals surface area contributed by atoms with E-state index in [-0.39, 0.29) is 5.92 Å². The van der Waals surface area contributed by atoms with E-state index in [4.69, 9.17) is 5.11 Å². The van der Waals surface area contributed by atoms with Crippen molar-refractivity contribution in [2.24, 2.45) is 5.92 Å². The highest BCUT2D eigenvalue weighted by Gasteiger charge is 2.19. The highest BCUT2D eigenvalue weighted by molar-refractivity contribution is 5.69. The van der Waals surface area contributed by atoms with E-state index < -0.39 is 5.97 Å². The number of nitrogens with zero attached hydrogens (tertiary/aromatic N) is 1. The molecule has 3 heteroatoms. The Labute approximate surface area is 90.2 Å². The van der Waals surface area contributed by atoms with Crippen LogP contribution in [0.15, 0.2) is 30.6 Å². The number of carboxylic acid groups (broad SMARTS) is 1. The lowest BCUT2D eigenvalue weighted by molar-refractivity contribution is -0.142. The standard InChI is InChI=1S/C7H12O2.C5H5N/c8-7(9)6-4-2-1-3-5-6;1-2-4-6-5-3-1/h6H,1-5H2,(H,8,9);1-5H. The van der Waals surface area contributed by atoms with Gasteiger partial charge in [0, 0.05) is 12.4 Å². The molecular formula is C12H17NO2. The summed E-state index contributed by atoms with van der Waals surface area (Å²) in [6.45, 7) is 0. The Morgan fingerprint density at radius 3 is 1.93 bits per heavy atom. The van der Waals surface area contributed by atoms with Gasteiger partial charge in [-0.05, 0) is 25.0 Å². The first-order valence-corrected chi connectivity index (χ1v) is 5.38. The summed E-state index contributed by atoms with van der Waals surface area (Å²) in [5, 5.41) is 8.54. The zero-order valence-corrected chi connectivity index (χ0v) is 8.80. The highest BCUT2D eigenvalue weighted by Crippen LogP contribution is 2.23. The van der Waals surface area contributed by atoms with Gasteiger partial charge in [-0.25, -0.2) is 0 Å². The molecule has 1 heterocycles. The van der Waals surface area contributed by atoms with E-state index in [1.54, 1.807) is 12.4 Å². The van der Waals surface area contributed by atoms with Crippen LogP contribution in [-0.4, -0.2) is 16.1 Å². The molecule has 15 heavy (non-hydrogen) atoms. The Balaban J connectivity index is 0.000000162. The summed E-state index contributed by atoms with van der Waals surface area (Å²) in [7, 11) is 0. The maximum atomic E-state index is 10.4. The van der Waals surface area contributed by atoms with Gasteiger partial charge < -0.3 is 5.11 Å². The average molecular weight is 207 g/mol. The highest BCUT2D eigenvalue weighted by atomic mass is 16.4. The topological polar surface area (TPSA) is 50.2 Å². The summed E-state index contributed by atoms with van der Waals surface area (Å²) < 4.78 is 0. The van der Waals surface area contributed by atoms with Crippen LogP contribution in [0, 0.1) is 5.92 Å². The Bertz CT molecular complexity index is 242. The molecule has 1 aliphatic rings. The van der Waals surface area contributed by atoms with Gasteiger partial charge in [0.2, 0.25) is 0 Å². The molecule has 0 aliphatic heterocycles. The van der Waals surface area contributed by atoms with Crippen LogP contribution >= 0.6 is 0 Å². The molecular weight excluding hydrogens is 190 g/mol. The van der Waals surface area contributed by atoms with Gasteiger partial charge in [0.1, 0.15) is 0 Å². The van der Waals surface area contributed by atoms with Crippen LogP contribution in [0.5, 0.6) is 0 Å². The van der Waals surface area contributed by atoms with E-state index >= 15 is 0 Å². The van der Waals surface area contributed by atoms with Gasteiger partial charge in [0.25, 0.3) is 0 Å². The average Bonchev–Trinajstić information content (AvgIpc) is 2.33. The minimum atomic E-state index is -0.602. The second-order valence-corrected chi connectivity index (χ2v) is 3.70. The monoisotopic (exact) mass is 207 g/mol. The van der Waals surface area contributed by atoms with Crippen molar-refractivity contribution in [2.75, 3.05) is 0 Å². The Morgan fingerprint density at radius 2 is 1.67 bits per heavy atom. The van der Waals surface area contributed by atoms with Crippen molar-refractivity contribution in [3.63, 3.8) is 0 Å². The molecule has 2 rings (SSSR count). The molecule has 1 aromatic heterocycles. The molecule has 1 aromatic rings. The quantitative estimate of drug-likeness (QED) is 0.770. The van der Waals surface area contributed by atoms with Crippen molar-refractivity contribution in [1.29, 1.82) is 0 Å². The first-order valence-electron chi connectivity index (χ1n) is 5.38. The summed E-state index contributed by atoms with van der Waals surface area (Å²) in [5.41, 5.74) is 0. The van der Waals surface area contributed by atoms with Crippen molar-refractivity contribution in [1.82, 2.24) is 4.98 Å². The fourth-order valence-electron chi connectivity index (χ4n) is 1.66. The van der Waals surface area contributed by atoms with Crippen molar-refractivity contribution in [3.05, 3.63) is 30.6 Å². The molecule has 1 saturated carbocycles. The summed E-state index contributed by atoms with van der Waals surface area (Å²) in [5.74, 6) is -0.631. The lowest BCUT2D eigenvalue weighted by Crippen LogP contribution is -2.16. The predicted molar refractivity (Wildman–Crippen MR) is 58.4 cm³/mol. The van der Waals surface area contributed by atoms with E-state index in [9.17, 15) is 4.79 Å². The lowest BCUT2D eigenvalue weighted by atomic mass is 9.90. The molecule has 1 N–H and O–H groups in total. The molecule has 82 valence electrons. The minimum absolute atomic E-state index is 0.0289. The third kappa shape index (κ3) is 5.15. The van der Waals surface area contributed by atoms with Gasteiger partial charge in [-0.15, -0.1) is 0 Å². The maximum Gasteiger partial charge on any atom is 0.306 e. The number of aliphatic carboxylic acids is 1. The molecule has 0 bridgehead atoms. The molecule has 0 atom stereocenters. The first kappa shape index (κ1) is 11.7. The zero-order chi connectivity index (χ0) is 10.9. The van der Waals surface area contributed by atoms with Crippen LogP contribution in [0.3, 0.4) is 0 Å². The van der Waals surface area contributed by atoms with E-state index in [2.05, 4.69) is 4.98 Å². The number of carboxylic acids is 1. The van der Waals surface area contributed by atoms with Gasteiger partial charge in [-0.2, -0.15) is 0 Å². The summed E-state index contributed by atoms with van der Waals surface area (Å²) >= 11 is 0. The van der Waals surface area contributed by atoms with Crippen LogP contribution in [0.25, 0.3) is 0 Å².